The topological polar surface area (TPSA) is 120 Å². The highest BCUT2D eigenvalue weighted by atomic mass is 16.6. The van der Waals surface area contributed by atoms with Crippen LogP contribution in [-0.4, -0.2) is 45.5 Å². The van der Waals surface area contributed by atoms with Gasteiger partial charge in [0.15, 0.2) is 0 Å². The number of rotatable bonds is 6. The van der Waals surface area contributed by atoms with Crippen LogP contribution in [0.4, 0.5) is 22.1 Å². The van der Waals surface area contributed by atoms with Gasteiger partial charge in [0.1, 0.15) is 23.7 Å². The normalized spacial score (nSPS) is 13.2. The van der Waals surface area contributed by atoms with Crippen molar-refractivity contribution in [2.75, 3.05) is 24.4 Å². The minimum Gasteiger partial charge on any atom is -0.494 e. The van der Waals surface area contributed by atoms with E-state index in [0.29, 0.717) is 28.6 Å². The molecule has 0 bridgehead atoms. The van der Waals surface area contributed by atoms with E-state index < -0.39 is 6.09 Å². The lowest BCUT2D eigenvalue weighted by atomic mass is 10.2. The summed E-state index contributed by atoms with van der Waals surface area (Å²) < 4.78 is 11.7. The van der Waals surface area contributed by atoms with Gasteiger partial charge in [-0.25, -0.2) is 14.8 Å². The Hall–Kier alpha value is -3.69. The van der Waals surface area contributed by atoms with Crippen molar-refractivity contribution in [1.82, 2.24) is 19.7 Å². The van der Waals surface area contributed by atoms with Crippen molar-refractivity contribution in [3.05, 3.63) is 30.7 Å². The van der Waals surface area contributed by atoms with E-state index in [1.54, 1.807) is 31.3 Å². The molecule has 1 fully saturated rings. The van der Waals surface area contributed by atoms with E-state index in [4.69, 9.17) is 9.47 Å². The lowest BCUT2D eigenvalue weighted by Gasteiger charge is -2.12. The maximum absolute atomic E-state index is 12.0. The maximum Gasteiger partial charge on any atom is 0.435 e. The molecule has 1 aromatic carbocycles. The molecule has 2 heterocycles. The molecule has 0 aliphatic heterocycles. The molecule has 2 aromatic heterocycles. The van der Waals surface area contributed by atoms with E-state index in [2.05, 4.69) is 25.7 Å². The molecule has 2 N–H and O–H groups in total. The zero-order chi connectivity index (χ0) is 20.4. The predicted octanol–water partition coefficient (Wildman–Crippen LogP) is 2.93. The molecule has 10 heteroatoms. The zero-order valence-corrected chi connectivity index (χ0v) is 16.0. The number of carbonyl (C=O) groups is 2. The number of carbonyl (C=O) groups excluding carboxylic acids is 2. The van der Waals surface area contributed by atoms with Gasteiger partial charge in [-0.15, -0.1) is 0 Å². The van der Waals surface area contributed by atoms with E-state index in [1.165, 1.54) is 18.1 Å². The summed E-state index contributed by atoms with van der Waals surface area (Å²) in [6.45, 7) is 1.99. The molecule has 1 amide bonds. The Morgan fingerprint density at radius 1 is 1.21 bits per heavy atom. The number of anilines is 3. The van der Waals surface area contributed by atoms with Gasteiger partial charge in [0.25, 0.3) is 0 Å². The highest BCUT2D eigenvalue weighted by Crippen LogP contribution is 2.33. The summed E-state index contributed by atoms with van der Waals surface area (Å²) in [5.41, 5.74) is 1.19. The number of amides is 1. The Morgan fingerprint density at radius 3 is 2.72 bits per heavy atom. The number of hydrogen-bond acceptors (Lipinski definition) is 8. The van der Waals surface area contributed by atoms with Gasteiger partial charge in [0, 0.05) is 23.4 Å². The molecule has 4 rings (SSSR count). The van der Waals surface area contributed by atoms with Crippen LogP contribution in [-0.2, 0) is 9.53 Å². The number of hydrogen-bond donors (Lipinski definition) is 2. The van der Waals surface area contributed by atoms with Gasteiger partial charge in [-0.2, -0.15) is 9.78 Å². The number of fused-ring (bicyclic) bond motifs is 1. The second kappa shape index (κ2) is 7.74. The fourth-order valence-electron chi connectivity index (χ4n) is 2.86. The van der Waals surface area contributed by atoms with Gasteiger partial charge < -0.3 is 20.1 Å². The van der Waals surface area contributed by atoms with Crippen molar-refractivity contribution in [2.24, 2.45) is 5.92 Å². The molecule has 10 nitrogen and oxygen atoms in total. The summed E-state index contributed by atoms with van der Waals surface area (Å²) in [7, 11) is 1.53. The third kappa shape index (κ3) is 3.96. The predicted molar refractivity (Wildman–Crippen MR) is 105 cm³/mol. The molecule has 1 saturated carbocycles. The van der Waals surface area contributed by atoms with E-state index in [0.717, 1.165) is 18.2 Å². The van der Waals surface area contributed by atoms with Crippen molar-refractivity contribution in [3.8, 4) is 5.75 Å². The van der Waals surface area contributed by atoms with Gasteiger partial charge in [0.2, 0.25) is 5.91 Å². The molecule has 0 saturated heterocycles. The van der Waals surface area contributed by atoms with Gasteiger partial charge in [0.05, 0.1) is 31.1 Å². The first kappa shape index (κ1) is 18.7. The van der Waals surface area contributed by atoms with Crippen LogP contribution in [0.1, 0.15) is 19.8 Å². The van der Waals surface area contributed by atoms with Crippen LogP contribution >= 0.6 is 0 Å². The third-order valence-electron chi connectivity index (χ3n) is 4.46. The second-order valence-corrected chi connectivity index (χ2v) is 6.54. The Kier molecular flexibility index (Phi) is 4.98. The van der Waals surface area contributed by atoms with Crippen molar-refractivity contribution >= 4 is 40.2 Å². The molecular weight excluding hydrogens is 376 g/mol. The van der Waals surface area contributed by atoms with E-state index in [9.17, 15) is 9.59 Å². The molecule has 0 radical (unpaired) electrons. The standard InChI is InChI=1S/C19H20N6O4/c1-3-29-19(27)25-14-7-15(28-2)13(6-12(14)9-22-25)23-16-8-17(21-10-20-16)24-18(26)11-4-5-11/h6-11H,3-5H2,1-2H3,(H2,20,21,23,24,26). The molecule has 0 unspecified atom stereocenters. The molecule has 29 heavy (non-hydrogen) atoms. The number of nitrogens with zero attached hydrogens (tertiary/aromatic N) is 4. The number of benzene rings is 1. The Balaban J connectivity index is 1.60. The highest BCUT2D eigenvalue weighted by molar-refractivity contribution is 5.94. The first-order valence-electron chi connectivity index (χ1n) is 9.22. The maximum atomic E-state index is 12.0. The van der Waals surface area contributed by atoms with Crippen LogP contribution in [0.15, 0.2) is 30.7 Å². The van der Waals surface area contributed by atoms with Gasteiger partial charge in [-0.3, -0.25) is 4.79 Å². The van der Waals surface area contributed by atoms with Crippen LogP contribution in [0.25, 0.3) is 10.9 Å². The summed E-state index contributed by atoms with van der Waals surface area (Å²) >= 11 is 0. The number of aromatic nitrogens is 4. The average molecular weight is 396 g/mol. The molecule has 150 valence electrons. The van der Waals surface area contributed by atoms with Crippen molar-refractivity contribution in [3.63, 3.8) is 0 Å². The molecule has 3 aromatic rings. The van der Waals surface area contributed by atoms with Gasteiger partial charge >= 0.3 is 6.09 Å². The van der Waals surface area contributed by atoms with Gasteiger partial charge in [-0.05, 0) is 25.8 Å². The first-order chi connectivity index (χ1) is 14.1. The smallest absolute Gasteiger partial charge is 0.435 e. The molecule has 1 aliphatic rings. The first-order valence-corrected chi connectivity index (χ1v) is 9.22. The summed E-state index contributed by atoms with van der Waals surface area (Å²) in [4.78, 5) is 32.3. The molecule has 0 atom stereocenters. The minimum absolute atomic E-state index is 0.0278. The molecule has 1 aliphatic carbocycles. The van der Waals surface area contributed by atoms with E-state index in [-0.39, 0.29) is 18.4 Å². The minimum atomic E-state index is -0.558. The molecular formula is C19H20N6O4. The fraction of sp³-hybridized carbons (Fsp3) is 0.316. The quantitative estimate of drug-likeness (QED) is 0.652. The highest BCUT2D eigenvalue weighted by Gasteiger charge is 2.29. The van der Waals surface area contributed by atoms with Crippen LogP contribution < -0.4 is 15.4 Å². The number of nitrogens with one attached hydrogen (secondary N) is 2. The molecule has 0 spiro atoms. The van der Waals surface area contributed by atoms with Crippen molar-refractivity contribution < 1.29 is 19.1 Å². The van der Waals surface area contributed by atoms with Crippen LogP contribution in [0.2, 0.25) is 0 Å². The van der Waals surface area contributed by atoms with Crippen molar-refractivity contribution in [1.29, 1.82) is 0 Å². The monoisotopic (exact) mass is 396 g/mol. The van der Waals surface area contributed by atoms with E-state index >= 15 is 0 Å². The van der Waals surface area contributed by atoms with Crippen LogP contribution in [0.5, 0.6) is 5.75 Å². The largest absolute Gasteiger partial charge is 0.494 e. The van der Waals surface area contributed by atoms with Crippen LogP contribution in [0.3, 0.4) is 0 Å². The average Bonchev–Trinajstić information content (AvgIpc) is 3.48. The third-order valence-corrected chi connectivity index (χ3v) is 4.46. The number of methoxy groups -OCH3 is 1. The van der Waals surface area contributed by atoms with E-state index in [1.807, 2.05) is 0 Å². The fourth-order valence-corrected chi connectivity index (χ4v) is 2.86. The lowest BCUT2D eigenvalue weighted by Crippen LogP contribution is -2.15. The SMILES string of the molecule is CCOC(=O)n1ncc2cc(Nc3cc(NC(=O)C4CC4)ncn3)c(OC)cc21. The van der Waals surface area contributed by atoms with Crippen LogP contribution in [0, 0.1) is 5.92 Å². The summed E-state index contributed by atoms with van der Waals surface area (Å²) in [6.07, 6.45) is 4.21. The summed E-state index contributed by atoms with van der Waals surface area (Å²) in [5.74, 6) is 1.46. The summed E-state index contributed by atoms with van der Waals surface area (Å²) in [6, 6.07) is 5.13. The number of ether oxygens (including phenoxy) is 2. The second-order valence-electron chi connectivity index (χ2n) is 6.54. The summed E-state index contributed by atoms with van der Waals surface area (Å²) in [5, 5.41) is 10.8. The Morgan fingerprint density at radius 2 is 2.00 bits per heavy atom. The van der Waals surface area contributed by atoms with Gasteiger partial charge in [-0.1, -0.05) is 0 Å². The zero-order valence-electron chi connectivity index (χ0n) is 16.0. The Labute approximate surface area is 166 Å². The van der Waals surface area contributed by atoms with Crippen molar-refractivity contribution in [2.45, 2.75) is 19.8 Å². The lowest BCUT2D eigenvalue weighted by molar-refractivity contribution is -0.117. The Bertz CT molecular complexity index is 1080.